The minimum atomic E-state index is 0.235. The van der Waals surface area contributed by atoms with Crippen molar-refractivity contribution in [3.8, 4) is 0 Å². The van der Waals surface area contributed by atoms with Gasteiger partial charge in [-0.05, 0) is 24.5 Å². The fraction of sp³-hybridized carbons (Fsp3) is 0.765. The molecule has 3 fully saturated rings. The van der Waals surface area contributed by atoms with Crippen LogP contribution in [-0.2, 0) is 16.0 Å². The number of carbonyl (C=O) groups excluding carboxylic acids is 1. The number of piperidine rings is 1. The summed E-state index contributed by atoms with van der Waals surface area (Å²) in [4.78, 5) is 21.9. The highest BCUT2D eigenvalue weighted by molar-refractivity contribution is 8.00. The van der Waals surface area contributed by atoms with E-state index in [1.54, 1.807) is 30.2 Å². The SMILES string of the molecule is CCSc1nc(CC(=O)N2C[C@@H]3CC[C@H](C2)N(CCOC)C3)cs1. The van der Waals surface area contributed by atoms with Gasteiger partial charge in [0.05, 0.1) is 18.7 Å². The van der Waals surface area contributed by atoms with Crippen LogP contribution in [-0.4, -0.2) is 72.4 Å². The topological polar surface area (TPSA) is 45.7 Å². The Hall–Kier alpha value is -0.630. The summed E-state index contributed by atoms with van der Waals surface area (Å²) >= 11 is 3.39. The van der Waals surface area contributed by atoms with Crippen LogP contribution in [0.5, 0.6) is 0 Å². The van der Waals surface area contributed by atoms with E-state index >= 15 is 0 Å². The Labute approximate surface area is 152 Å². The van der Waals surface area contributed by atoms with Gasteiger partial charge in [0.15, 0.2) is 0 Å². The first-order chi connectivity index (χ1) is 11.7. The molecule has 0 aromatic carbocycles. The van der Waals surface area contributed by atoms with E-state index in [1.165, 1.54) is 12.8 Å². The van der Waals surface area contributed by atoms with Gasteiger partial charge in [-0.25, -0.2) is 4.98 Å². The predicted octanol–water partition coefficient (Wildman–Crippen LogP) is 2.37. The molecule has 1 amide bonds. The van der Waals surface area contributed by atoms with Crippen LogP contribution >= 0.6 is 23.1 Å². The van der Waals surface area contributed by atoms with Gasteiger partial charge in [-0.1, -0.05) is 18.7 Å². The Morgan fingerprint density at radius 1 is 1.42 bits per heavy atom. The van der Waals surface area contributed by atoms with Gasteiger partial charge in [0, 0.05) is 44.7 Å². The highest BCUT2D eigenvalue weighted by Crippen LogP contribution is 2.28. The maximum absolute atomic E-state index is 12.8. The van der Waals surface area contributed by atoms with E-state index in [2.05, 4.69) is 21.7 Å². The Morgan fingerprint density at radius 2 is 2.29 bits per heavy atom. The molecule has 24 heavy (non-hydrogen) atoms. The van der Waals surface area contributed by atoms with Crippen molar-refractivity contribution in [1.29, 1.82) is 0 Å². The van der Waals surface area contributed by atoms with Crippen molar-refractivity contribution in [2.45, 2.75) is 36.6 Å². The Morgan fingerprint density at radius 3 is 3.08 bits per heavy atom. The molecule has 0 radical (unpaired) electrons. The van der Waals surface area contributed by atoms with E-state index in [0.717, 1.165) is 48.6 Å². The summed E-state index contributed by atoms with van der Waals surface area (Å²) in [7, 11) is 1.75. The van der Waals surface area contributed by atoms with E-state index in [1.807, 2.05) is 5.38 Å². The van der Waals surface area contributed by atoms with Crippen molar-refractivity contribution in [2.75, 3.05) is 45.6 Å². The Balaban J connectivity index is 1.59. The van der Waals surface area contributed by atoms with E-state index in [9.17, 15) is 4.79 Å². The number of hydrogen-bond acceptors (Lipinski definition) is 6. The zero-order valence-electron chi connectivity index (χ0n) is 14.6. The van der Waals surface area contributed by atoms with Crippen LogP contribution in [0.3, 0.4) is 0 Å². The minimum Gasteiger partial charge on any atom is -0.383 e. The van der Waals surface area contributed by atoms with Crippen LogP contribution in [0.15, 0.2) is 9.72 Å². The molecule has 5 nitrogen and oxygen atoms in total. The number of hydrogen-bond donors (Lipinski definition) is 0. The Bertz CT molecular complexity index is 552. The van der Waals surface area contributed by atoms with Crippen molar-refractivity contribution >= 4 is 29.0 Å². The van der Waals surface area contributed by atoms with Crippen molar-refractivity contribution in [2.24, 2.45) is 5.92 Å². The molecule has 0 saturated carbocycles. The maximum Gasteiger partial charge on any atom is 0.228 e. The van der Waals surface area contributed by atoms with Crippen LogP contribution in [0.2, 0.25) is 0 Å². The number of aromatic nitrogens is 1. The molecule has 0 unspecified atom stereocenters. The molecule has 0 aliphatic carbocycles. The summed E-state index contributed by atoms with van der Waals surface area (Å²) in [5, 5.41) is 2.03. The molecule has 1 aromatic rings. The first-order valence-electron chi connectivity index (χ1n) is 8.77. The van der Waals surface area contributed by atoms with Crippen LogP contribution in [0, 0.1) is 5.92 Å². The van der Waals surface area contributed by atoms with E-state index in [-0.39, 0.29) is 5.91 Å². The van der Waals surface area contributed by atoms with Crippen LogP contribution in [0.1, 0.15) is 25.5 Å². The molecule has 4 rings (SSSR count). The molecule has 0 N–H and O–H groups in total. The second kappa shape index (κ2) is 8.65. The number of ether oxygens (including phenoxy) is 1. The summed E-state index contributed by atoms with van der Waals surface area (Å²) in [5.41, 5.74) is 0.925. The highest BCUT2D eigenvalue weighted by Gasteiger charge is 2.36. The summed E-state index contributed by atoms with van der Waals surface area (Å²) in [6, 6.07) is 0.490. The van der Waals surface area contributed by atoms with Gasteiger partial charge in [-0.15, -0.1) is 11.3 Å². The molecule has 7 heteroatoms. The number of fused-ring (bicyclic) bond motifs is 4. The van der Waals surface area contributed by atoms with E-state index in [0.29, 0.717) is 18.4 Å². The average Bonchev–Trinajstić information content (AvgIpc) is 2.82. The lowest BCUT2D eigenvalue weighted by molar-refractivity contribution is -0.130. The molecule has 3 aliphatic rings. The number of carbonyl (C=O) groups is 1. The normalized spacial score (nSPS) is 24.3. The number of amides is 1. The molecule has 134 valence electrons. The maximum atomic E-state index is 12.8. The third kappa shape index (κ3) is 4.50. The number of nitrogens with zero attached hydrogens (tertiary/aromatic N) is 3. The van der Waals surface area contributed by atoms with Gasteiger partial charge in [-0.2, -0.15) is 0 Å². The molecule has 3 aliphatic heterocycles. The molecule has 1 aromatic heterocycles. The van der Waals surface area contributed by atoms with Crippen molar-refractivity contribution in [3.05, 3.63) is 11.1 Å². The van der Waals surface area contributed by atoms with E-state index in [4.69, 9.17) is 4.74 Å². The van der Waals surface area contributed by atoms with Gasteiger partial charge < -0.3 is 9.64 Å². The van der Waals surface area contributed by atoms with Crippen LogP contribution < -0.4 is 0 Å². The first-order valence-corrected chi connectivity index (χ1v) is 10.6. The predicted molar refractivity (Wildman–Crippen MR) is 98.8 cm³/mol. The number of rotatable bonds is 7. The zero-order chi connectivity index (χ0) is 16.9. The second-order valence-electron chi connectivity index (χ2n) is 6.60. The van der Waals surface area contributed by atoms with Gasteiger partial charge in [0.2, 0.25) is 5.91 Å². The molecule has 2 bridgehead atoms. The third-order valence-corrected chi connectivity index (χ3v) is 6.85. The average molecular weight is 370 g/mol. The minimum absolute atomic E-state index is 0.235. The number of methoxy groups -OCH3 is 1. The molecule has 3 saturated heterocycles. The summed E-state index contributed by atoms with van der Waals surface area (Å²) in [5.74, 6) is 1.86. The Kier molecular flexibility index (Phi) is 6.55. The molecular weight excluding hydrogens is 342 g/mol. The van der Waals surface area contributed by atoms with Crippen molar-refractivity contribution in [1.82, 2.24) is 14.8 Å². The molecule has 0 spiro atoms. The molecule has 4 heterocycles. The first kappa shape index (κ1) is 18.2. The quantitative estimate of drug-likeness (QED) is 0.691. The second-order valence-corrected chi connectivity index (χ2v) is 8.97. The fourth-order valence-electron chi connectivity index (χ4n) is 3.69. The summed E-state index contributed by atoms with van der Waals surface area (Å²) in [6.45, 7) is 6.74. The van der Waals surface area contributed by atoms with Crippen LogP contribution in [0.4, 0.5) is 0 Å². The van der Waals surface area contributed by atoms with Crippen LogP contribution in [0.25, 0.3) is 0 Å². The van der Waals surface area contributed by atoms with E-state index < -0.39 is 0 Å². The lowest BCUT2D eigenvalue weighted by atomic mass is 9.95. The lowest BCUT2D eigenvalue weighted by Crippen LogP contribution is -2.45. The van der Waals surface area contributed by atoms with Gasteiger partial charge >= 0.3 is 0 Å². The van der Waals surface area contributed by atoms with Gasteiger partial charge in [0.25, 0.3) is 0 Å². The monoisotopic (exact) mass is 369 g/mol. The number of thiazole rings is 1. The molecule has 2 atom stereocenters. The third-order valence-electron chi connectivity index (χ3n) is 4.89. The molecular formula is C17H27N3O2S2. The van der Waals surface area contributed by atoms with Crippen molar-refractivity contribution in [3.63, 3.8) is 0 Å². The standard InChI is InChI=1S/C17H27N3O2S2/c1-3-23-17-18-14(12-24-17)8-16(21)20-10-13-4-5-15(11-20)19(9-13)6-7-22-2/h12-13,15H,3-11H2,1-2H3/t13-,15-/m1/s1. The highest BCUT2D eigenvalue weighted by atomic mass is 32.2. The summed E-state index contributed by atoms with van der Waals surface area (Å²) < 4.78 is 6.31. The fourth-order valence-corrected chi connectivity index (χ4v) is 5.43. The smallest absolute Gasteiger partial charge is 0.228 e. The van der Waals surface area contributed by atoms with Crippen molar-refractivity contribution < 1.29 is 9.53 Å². The summed E-state index contributed by atoms with van der Waals surface area (Å²) in [6.07, 6.45) is 2.89. The largest absolute Gasteiger partial charge is 0.383 e. The van der Waals surface area contributed by atoms with Gasteiger partial charge in [-0.3, -0.25) is 9.69 Å². The lowest BCUT2D eigenvalue weighted by Gasteiger charge is -2.35. The van der Waals surface area contributed by atoms with Gasteiger partial charge in [0.1, 0.15) is 4.34 Å². The number of thioether (sulfide) groups is 1. The zero-order valence-corrected chi connectivity index (χ0v) is 16.2.